The van der Waals surface area contributed by atoms with Crippen LogP contribution in [0.4, 0.5) is 0 Å². The molecule has 1 rings (SSSR count). The highest BCUT2D eigenvalue weighted by Gasteiger charge is 2.10. The number of nitrogens with one attached hydrogen (secondary N) is 3. The molecule has 0 bridgehead atoms. The van der Waals surface area contributed by atoms with E-state index in [2.05, 4.69) is 48.6 Å². The molecule has 0 aliphatic rings. The Balaban J connectivity index is 0.00000576. The van der Waals surface area contributed by atoms with Gasteiger partial charge in [0.25, 0.3) is 5.91 Å². The maximum Gasteiger partial charge on any atom is 0.251 e. The van der Waals surface area contributed by atoms with Gasteiger partial charge < -0.3 is 16.0 Å². The highest BCUT2D eigenvalue weighted by Crippen LogP contribution is 2.05. The number of benzene rings is 1. The molecule has 0 saturated heterocycles. The Morgan fingerprint density at radius 3 is 2.16 bits per heavy atom. The first-order chi connectivity index (χ1) is 11.4. The molecular formula is C19H33IN4O. The van der Waals surface area contributed by atoms with Crippen LogP contribution in [0.25, 0.3) is 0 Å². The summed E-state index contributed by atoms with van der Waals surface area (Å²) in [5, 5.41) is 9.64. The lowest BCUT2D eigenvalue weighted by atomic mass is 10.1. The van der Waals surface area contributed by atoms with Crippen molar-refractivity contribution in [2.45, 2.75) is 59.7 Å². The smallest absolute Gasteiger partial charge is 0.251 e. The van der Waals surface area contributed by atoms with Crippen LogP contribution in [-0.4, -0.2) is 31.0 Å². The maximum absolute atomic E-state index is 12.1. The predicted octanol–water partition coefficient (Wildman–Crippen LogP) is 3.54. The van der Waals surface area contributed by atoms with Crippen LogP contribution in [0.1, 0.15) is 57.0 Å². The average Bonchev–Trinajstić information content (AvgIpc) is 2.58. The number of hydrogen-bond acceptors (Lipinski definition) is 2. The topological polar surface area (TPSA) is 65.5 Å². The number of rotatable bonds is 7. The highest BCUT2D eigenvalue weighted by atomic mass is 127. The third-order valence-electron chi connectivity index (χ3n) is 4.25. The summed E-state index contributed by atoms with van der Waals surface area (Å²) in [6.07, 6.45) is 0.925. The molecule has 2 unspecified atom stereocenters. The Morgan fingerprint density at radius 2 is 1.68 bits per heavy atom. The van der Waals surface area contributed by atoms with E-state index in [0.29, 0.717) is 24.1 Å². The number of carbonyl (C=O) groups is 1. The third kappa shape index (κ3) is 8.56. The standard InChI is InChI=1S/C19H32N4O.HI/c1-7-14(4)22-18(24)17-10-8-16(9-11-17)12-21-19(20-6)23-15(5)13(2)3;/h8-11,13-15H,7,12H2,1-6H3,(H,22,24)(H2,20,21,23);1H. The van der Waals surface area contributed by atoms with E-state index in [0.717, 1.165) is 17.9 Å². The van der Waals surface area contributed by atoms with Gasteiger partial charge in [0.1, 0.15) is 0 Å². The van der Waals surface area contributed by atoms with Gasteiger partial charge in [0.05, 0.1) is 0 Å². The normalized spacial score (nSPS) is 13.6. The monoisotopic (exact) mass is 460 g/mol. The number of guanidine groups is 1. The van der Waals surface area contributed by atoms with E-state index in [1.54, 1.807) is 7.05 Å². The van der Waals surface area contributed by atoms with Gasteiger partial charge in [-0.3, -0.25) is 9.79 Å². The average molecular weight is 460 g/mol. The Labute approximate surface area is 169 Å². The van der Waals surface area contributed by atoms with Gasteiger partial charge in [0.2, 0.25) is 0 Å². The minimum Gasteiger partial charge on any atom is -0.354 e. The molecule has 0 fully saturated rings. The molecule has 0 aliphatic heterocycles. The Hall–Kier alpha value is -1.31. The lowest BCUT2D eigenvalue weighted by Gasteiger charge is -2.20. The molecule has 1 aromatic rings. The van der Waals surface area contributed by atoms with Crippen LogP contribution in [0.15, 0.2) is 29.3 Å². The molecule has 5 nitrogen and oxygen atoms in total. The highest BCUT2D eigenvalue weighted by molar-refractivity contribution is 14.0. The molecule has 0 aromatic heterocycles. The minimum absolute atomic E-state index is 0. The number of hydrogen-bond donors (Lipinski definition) is 3. The van der Waals surface area contributed by atoms with Crippen LogP contribution < -0.4 is 16.0 Å². The summed E-state index contributed by atoms with van der Waals surface area (Å²) in [5.74, 6) is 1.30. The summed E-state index contributed by atoms with van der Waals surface area (Å²) in [4.78, 5) is 16.3. The first-order valence-electron chi connectivity index (χ1n) is 8.74. The van der Waals surface area contributed by atoms with Gasteiger partial charge in [0.15, 0.2) is 5.96 Å². The van der Waals surface area contributed by atoms with Crippen molar-refractivity contribution in [3.05, 3.63) is 35.4 Å². The van der Waals surface area contributed by atoms with Gasteiger partial charge in [-0.1, -0.05) is 32.9 Å². The van der Waals surface area contributed by atoms with Crippen LogP contribution in [0, 0.1) is 5.92 Å². The molecule has 25 heavy (non-hydrogen) atoms. The first-order valence-corrected chi connectivity index (χ1v) is 8.74. The molecule has 0 saturated carbocycles. The van der Waals surface area contributed by atoms with Crippen LogP contribution in [0.5, 0.6) is 0 Å². The largest absolute Gasteiger partial charge is 0.354 e. The van der Waals surface area contributed by atoms with Crippen molar-refractivity contribution in [1.29, 1.82) is 0 Å². The van der Waals surface area contributed by atoms with Gasteiger partial charge in [-0.15, -0.1) is 24.0 Å². The summed E-state index contributed by atoms with van der Waals surface area (Å²) < 4.78 is 0. The second-order valence-corrected chi connectivity index (χ2v) is 6.58. The second-order valence-electron chi connectivity index (χ2n) is 6.58. The van der Waals surface area contributed by atoms with Crippen molar-refractivity contribution in [1.82, 2.24) is 16.0 Å². The fourth-order valence-electron chi connectivity index (χ4n) is 1.95. The Kier molecular flexibility index (Phi) is 11.5. The van der Waals surface area contributed by atoms with Gasteiger partial charge in [-0.25, -0.2) is 0 Å². The van der Waals surface area contributed by atoms with E-state index in [4.69, 9.17) is 0 Å². The molecule has 3 N–H and O–H groups in total. The lowest BCUT2D eigenvalue weighted by Crippen LogP contribution is -2.43. The Morgan fingerprint density at radius 1 is 1.08 bits per heavy atom. The second kappa shape index (κ2) is 12.1. The zero-order valence-electron chi connectivity index (χ0n) is 16.2. The van der Waals surface area contributed by atoms with Crippen molar-refractivity contribution >= 4 is 35.8 Å². The van der Waals surface area contributed by atoms with Gasteiger partial charge in [0, 0.05) is 31.2 Å². The summed E-state index contributed by atoms with van der Waals surface area (Å²) >= 11 is 0. The van der Waals surface area contributed by atoms with E-state index >= 15 is 0 Å². The number of aliphatic imine (C=N–C) groups is 1. The van der Waals surface area contributed by atoms with Crippen molar-refractivity contribution in [2.24, 2.45) is 10.9 Å². The molecule has 0 heterocycles. The minimum atomic E-state index is -0.0212. The third-order valence-corrected chi connectivity index (χ3v) is 4.25. The van der Waals surface area contributed by atoms with Gasteiger partial charge in [-0.05, 0) is 43.9 Å². The van der Waals surface area contributed by atoms with E-state index in [-0.39, 0.29) is 35.9 Å². The zero-order chi connectivity index (χ0) is 18.1. The molecule has 142 valence electrons. The molecule has 1 aromatic carbocycles. The van der Waals surface area contributed by atoms with Crippen LogP contribution in [-0.2, 0) is 6.54 Å². The van der Waals surface area contributed by atoms with E-state index in [1.807, 2.05) is 31.2 Å². The first kappa shape index (κ1) is 23.7. The quantitative estimate of drug-likeness (QED) is 0.331. The fourth-order valence-corrected chi connectivity index (χ4v) is 1.95. The van der Waals surface area contributed by atoms with Crippen molar-refractivity contribution in [3.8, 4) is 0 Å². The van der Waals surface area contributed by atoms with Gasteiger partial charge >= 0.3 is 0 Å². The SMILES string of the molecule is CCC(C)NC(=O)c1ccc(CNC(=NC)NC(C)C(C)C)cc1.I. The fraction of sp³-hybridized carbons (Fsp3) is 0.579. The molecular weight excluding hydrogens is 427 g/mol. The molecule has 2 atom stereocenters. The molecule has 0 radical (unpaired) electrons. The van der Waals surface area contributed by atoms with Crippen LogP contribution >= 0.6 is 24.0 Å². The summed E-state index contributed by atoms with van der Waals surface area (Å²) in [7, 11) is 1.77. The van der Waals surface area contributed by atoms with Crippen LogP contribution in [0.3, 0.4) is 0 Å². The maximum atomic E-state index is 12.1. The predicted molar refractivity (Wildman–Crippen MR) is 117 cm³/mol. The van der Waals surface area contributed by atoms with Crippen molar-refractivity contribution < 1.29 is 4.79 Å². The summed E-state index contributed by atoms with van der Waals surface area (Å²) in [6.45, 7) is 11.2. The van der Waals surface area contributed by atoms with E-state index < -0.39 is 0 Å². The van der Waals surface area contributed by atoms with E-state index in [9.17, 15) is 4.79 Å². The molecule has 1 amide bonds. The molecule has 6 heteroatoms. The number of halogens is 1. The number of nitrogens with zero attached hydrogens (tertiary/aromatic N) is 1. The summed E-state index contributed by atoms with van der Waals surface area (Å²) in [6, 6.07) is 8.21. The van der Waals surface area contributed by atoms with Crippen molar-refractivity contribution in [3.63, 3.8) is 0 Å². The van der Waals surface area contributed by atoms with E-state index in [1.165, 1.54) is 0 Å². The number of carbonyl (C=O) groups excluding carboxylic acids is 1. The Bertz CT molecular complexity index is 543. The number of amides is 1. The van der Waals surface area contributed by atoms with Crippen LogP contribution in [0.2, 0.25) is 0 Å². The lowest BCUT2D eigenvalue weighted by molar-refractivity contribution is 0.0939. The summed E-state index contributed by atoms with van der Waals surface area (Å²) in [5.41, 5.74) is 1.80. The zero-order valence-corrected chi connectivity index (χ0v) is 18.5. The molecule has 0 aliphatic carbocycles. The van der Waals surface area contributed by atoms with Gasteiger partial charge in [-0.2, -0.15) is 0 Å². The van der Waals surface area contributed by atoms with Crippen molar-refractivity contribution in [2.75, 3.05) is 7.05 Å². The molecule has 0 spiro atoms.